The normalized spacial score (nSPS) is 18.3. The molecule has 2 atom stereocenters. The predicted octanol–water partition coefficient (Wildman–Crippen LogP) is 3.84. The van der Waals surface area contributed by atoms with Crippen LogP contribution in [0.4, 0.5) is 5.82 Å². The first kappa shape index (κ1) is 17.8. The molecule has 1 saturated carbocycles. The first-order valence-electron chi connectivity index (χ1n) is 10.1. The van der Waals surface area contributed by atoms with Crippen molar-refractivity contribution in [3.8, 4) is 11.4 Å². The van der Waals surface area contributed by atoms with Crippen LogP contribution in [0.15, 0.2) is 36.7 Å². The van der Waals surface area contributed by atoms with E-state index in [0.29, 0.717) is 11.8 Å². The Morgan fingerprint density at radius 1 is 1.14 bits per heavy atom. The SMILES string of the molecule is CCNc1ccc(C2CC2c2cc(-c3cc(C)n4ncc(C)c4n3)n(C)n2)cn1. The van der Waals surface area contributed by atoms with Crippen LogP contribution >= 0.6 is 0 Å². The van der Waals surface area contributed by atoms with Crippen LogP contribution in [-0.4, -0.2) is 35.9 Å². The van der Waals surface area contributed by atoms with E-state index in [0.717, 1.165) is 52.8 Å². The van der Waals surface area contributed by atoms with Gasteiger partial charge in [-0.25, -0.2) is 14.5 Å². The van der Waals surface area contributed by atoms with Gasteiger partial charge in [0.25, 0.3) is 0 Å². The summed E-state index contributed by atoms with van der Waals surface area (Å²) in [5.74, 6) is 1.87. The van der Waals surface area contributed by atoms with Crippen molar-refractivity contribution in [2.45, 2.75) is 39.0 Å². The fraction of sp³-hybridized carbons (Fsp3) is 0.364. The van der Waals surface area contributed by atoms with Crippen molar-refractivity contribution in [1.82, 2.24) is 29.4 Å². The van der Waals surface area contributed by atoms with Crippen molar-refractivity contribution < 1.29 is 0 Å². The fourth-order valence-corrected chi connectivity index (χ4v) is 4.06. The summed E-state index contributed by atoms with van der Waals surface area (Å²) in [7, 11) is 1.99. The molecule has 4 aromatic heterocycles. The van der Waals surface area contributed by atoms with Crippen molar-refractivity contribution in [1.29, 1.82) is 0 Å². The maximum Gasteiger partial charge on any atom is 0.158 e. The van der Waals surface area contributed by atoms with Gasteiger partial charge in [0.15, 0.2) is 5.65 Å². The molecule has 1 aliphatic rings. The maximum atomic E-state index is 4.85. The van der Waals surface area contributed by atoms with Crippen molar-refractivity contribution in [3.05, 3.63) is 59.2 Å². The predicted molar refractivity (Wildman–Crippen MR) is 113 cm³/mol. The number of aryl methyl sites for hydroxylation is 3. The third kappa shape index (κ3) is 3.06. The Balaban J connectivity index is 1.42. The molecule has 2 unspecified atom stereocenters. The number of rotatable bonds is 5. The lowest BCUT2D eigenvalue weighted by molar-refractivity contribution is 0.744. The number of nitrogens with one attached hydrogen (secondary N) is 1. The molecule has 5 rings (SSSR count). The molecule has 0 aromatic carbocycles. The molecule has 0 bridgehead atoms. The largest absolute Gasteiger partial charge is 0.370 e. The molecule has 7 heteroatoms. The number of hydrogen-bond acceptors (Lipinski definition) is 5. The molecule has 0 radical (unpaired) electrons. The second kappa shape index (κ2) is 6.69. The van der Waals surface area contributed by atoms with Gasteiger partial charge in [0, 0.05) is 37.0 Å². The number of anilines is 1. The lowest BCUT2D eigenvalue weighted by atomic mass is 10.1. The number of aromatic nitrogens is 6. The standard InChI is InChI=1S/C22H25N7/c1-5-23-21-7-6-15(12-24-21)16-9-17(16)18-10-20(28(4)27-18)19-8-14(3)29-22(26-19)13(2)11-25-29/h6-8,10-12,16-17H,5,9H2,1-4H3,(H,23,24). The molecule has 0 amide bonds. The van der Waals surface area contributed by atoms with E-state index in [9.17, 15) is 0 Å². The van der Waals surface area contributed by atoms with E-state index in [1.165, 1.54) is 5.56 Å². The van der Waals surface area contributed by atoms with Gasteiger partial charge in [-0.3, -0.25) is 4.68 Å². The van der Waals surface area contributed by atoms with Gasteiger partial charge in [-0.2, -0.15) is 10.2 Å². The van der Waals surface area contributed by atoms with Crippen LogP contribution in [0.5, 0.6) is 0 Å². The smallest absolute Gasteiger partial charge is 0.158 e. The van der Waals surface area contributed by atoms with E-state index < -0.39 is 0 Å². The van der Waals surface area contributed by atoms with E-state index in [1.54, 1.807) is 0 Å². The molecule has 1 aliphatic carbocycles. The first-order valence-corrected chi connectivity index (χ1v) is 10.1. The van der Waals surface area contributed by atoms with Gasteiger partial charge in [0.1, 0.15) is 5.82 Å². The number of hydrogen-bond donors (Lipinski definition) is 1. The molecule has 7 nitrogen and oxygen atoms in total. The summed E-state index contributed by atoms with van der Waals surface area (Å²) in [6, 6.07) is 8.51. The summed E-state index contributed by atoms with van der Waals surface area (Å²) in [5.41, 5.74) is 7.44. The fourth-order valence-electron chi connectivity index (χ4n) is 4.06. The Morgan fingerprint density at radius 2 is 2.00 bits per heavy atom. The van der Waals surface area contributed by atoms with Gasteiger partial charge in [-0.1, -0.05) is 6.07 Å². The van der Waals surface area contributed by atoms with Crippen molar-refractivity contribution >= 4 is 11.5 Å². The first-order chi connectivity index (χ1) is 14.0. The van der Waals surface area contributed by atoms with Crippen LogP contribution in [0.3, 0.4) is 0 Å². The van der Waals surface area contributed by atoms with Crippen LogP contribution in [-0.2, 0) is 7.05 Å². The Hall–Kier alpha value is -3.22. The summed E-state index contributed by atoms with van der Waals surface area (Å²) in [5, 5.41) is 12.5. The molecule has 0 saturated heterocycles. The van der Waals surface area contributed by atoms with E-state index >= 15 is 0 Å². The zero-order chi connectivity index (χ0) is 20.1. The van der Waals surface area contributed by atoms with Crippen LogP contribution in [0.25, 0.3) is 17.0 Å². The minimum atomic E-state index is 0.447. The van der Waals surface area contributed by atoms with Crippen LogP contribution in [0.1, 0.15) is 47.7 Å². The minimum Gasteiger partial charge on any atom is -0.370 e. The quantitative estimate of drug-likeness (QED) is 0.563. The molecule has 0 spiro atoms. The van der Waals surface area contributed by atoms with Gasteiger partial charge in [-0.05, 0) is 56.9 Å². The molecule has 1 fully saturated rings. The van der Waals surface area contributed by atoms with Crippen LogP contribution in [0, 0.1) is 13.8 Å². The highest BCUT2D eigenvalue weighted by Crippen LogP contribution is 2.54. The lowest BCUT2D eigenvalue weighted by Crippen LogP contribution is -2.01. The third-order valence-corrected chi connectivity index (χ3v) is 5.73. The summed E-state index contributed by atoms with van der Waals surface area (Å²) in [6.45, 7) is 7.06. The molecule has 4 aromatic rings. The molecular formula is C22H25N7. The monoisotopic (exact) mass is 387 g/mol. The topological polar surface area (TPSA) is 72.9 Å². The Morgan fingerprint density at radius 3 is 2.76 bits per heavy atom. The van der Waals surface area contributed by atoms with Gasteiger partial charge >= 0.3 is 0 Å². The lowest BCUT2D eigenvalue weighted by Gasteiger charge is -2.05. The van der Waals surface area contributed by atoms with E-state index in [4.69, 9.17) is 10.1 Å². The van der Waals surface area contributed by atoms with Crippen molar-refractivity contribution in [2.75, 3.05) is 11.9 Å². The van der Waals surface area contributed by atoms with Gasteiger partial charge in [0.05, 0.1) is 23.3 Å². The minimum absolute atomic E-state index is 0.447. The molecule has 0 aliphatic heterocycles. The van der Waals surface area contributed by atoms with Gasteiger partial charge in [-0.15, -0.1) is 0 Å². The summed E-state index contributed by atoms with van der Waals surface area (Å²) < 4.78 is 3.83. The maximum absolute atomic E-state index is 4.85. The van der Waals surface area contributed by atoms with Crippen LogP contribution in [0.2, 0.25) is 0 Å². The molecule has 29 heavy (non-hydrogen) atoms. The average Bonchev–Trinajstić information content (AvgIpc) is 3.28. The zero-order valence-electron chi connectivity index (χ0n) is 17.2. The molecule has 148 valence electrons. The van der Waals surface area contributed by atoms with Crippen LogP contribution < -0.4 is 5.32 Å². The number of nitrogens with zero attached hydrogens (tertiary/aromatic N) is 6. The van der Waals surface area contributed by atoms with E-state index in [-0.39, 0.29) is 0 Å². The Labute approximate surface area is 169 Å². The molecule has 1 N–H and O–H groups in total. The number of pyridine rings is 1. The summed E-state index contributed by atoms with van der Waals surface area (Å²) in [6.07, 6.45) is 4.97. The number of fused-ring (bicyclic) bond motifs is 1. The summed E-state index contributed by atoms with van der Waals surface area (Å²) >= 11 is 0. The zero-order valence-corrected chi connectivity index (χ0v) is 17.2. The highest BCUT2D eigenvalue weighted by atomic mass is 15.3. The van der Waals surface area contributed by atoms with E-state index in [1.807, 2.05) is 35.6 Å². The van der Waals surface area contributed by atoms with Crippen molar-refractivity contribution in [3.63, 3.8) is 0 Å². The summed E-state index contributed by atoms with van der Waals surface area (Å²) in [4.78, 5) is 9.36. The molecular weight excluding hydrogens is 362 g/mol. The third-order valence-electron chi connectivity index (χ3n) is 5.73. The second-order valence-corrected chi connectivity index (χ2v) is 7.88. The molecule has 4 heterocycles. The average molecular weight is 387 g/mol. The Kier molecular flexibility index (Phi) is 4.12. The van der Waals surface area contributed by atoms with E-state index in [2.05, 4.69) is 53.5 Å². The highest BCUT2D eigenvalue weighted by molar-refractivity contribution is 5.61. The van der Waals surface area contributed by atoms with Gasteiger partial charge in [0.2, 0.25) is 0 Å². The highest BCUT2D eigenvalue weighted by Gasteiger charge is 2.41. The Bertz CT molecular complexity index is 1190. The van der Waals surface area contributed by atoms with Gasteiger partial charge < -0.3 is 5.32 Å². The second-order valence-electron chi connectivity index (χ2n) is 7.88. The van der Waals surface area contributed by atoms with Crippen molar-refractivity contribution in [2.24, 2.45) is 7.05 Å².